The monoisotopic (exact) mass is 261 g/mol. The third-order valence-electron chi connectivity index (χ3n) is 2.39. The zero-order chi connectivity index (χ0) is 12.6. The molecule has 2 aromatic rings. The van der Waals surface area contributed by atoms with Crippen LogP contribution in [0.2, 0.25) is 0 Å². The van der Waals surface area contributed by atoms with Gasteiger partial charge in [-0.25, -0.2) is 0 Å². The maximum Gasteiger partial charge on any atom is 0.230 e. The van der Waals surface area contributed by atoms with Gasteiger partial charge in [-0.2, -0.15) is 0 Å². The number of thioether (sulfide) groups is 1. The van der Waals surface area contributed by atoms with E-state index in [1.165, 1.54) is 0 Å². The number of hydrogen-bond donors (Lipinski definition) is 1. The van der Waals surface area contributed by atoms with Gasteiger partial charge in [0.1, 0.15) is 5.76 Å². The van der Waals surface area contributed by atoms with Crippen molar-refractivity contribution < 1.29 is 9.21 Å². The van der Waals surface area contributed by atoms with Crippen LogP contribution in [0.1, 0.15) is 11.3 Å². The Balaban J connectivity index is 1.63. The van der Waals surface area contributed by atoms with Gasteiger partial charge in [0.05, 0.1) is 17.8 Å². The summed E-state index contributed by atoms with van der Waals surface area (Å²) in [6.07, 6.45) is 1.64. The van der Waals surface area contributed by atoms with Gasteiger partial charge in [0.15, 0.2) is 0 Å². The van der Waals surface area contributed by atoms with E-state index in [0.29, 0.717) is 12.3 Å². The van der Waals surface area contributed by atoms with Crippen LogP contribution in [0, 0.1) is 0 Å². The minimum Gasteiger partial charge on any atom is -0.468 e. The van der Waals surface area contributed by atoms with Crippen LogP contribution in [0.4, 0.5) is 0 Å². The van der Waals surface area contributed by atoms with E-state index in [2.05, 4.69) is 5.32 Å². The molecule has 1 aromatic carbocycles. The van der Waals surface area contributed by atoms with Crippen molar-refractivity contribution in [3.05, 3.63) is 60.1 Å². The highest BCUT2D eigenvalue weighted by Crippen LogP contribution is 2.11. The van der Waals surface area contributed by atoms with Crippen molar-refractivity contribution in [3.8, 4) is 0 Å². The lowest BCUT2D eigenvalue weighted by Crippen LogP contribution is -2.24. The van der Waals surface area contributed by atoms with Crippen molar-refractivity contribution in [1.29, 1.82) is 0 Å². The lowest BCUT2D eigenvalue weighted by Gasteiger charge is -2.04. The minimum absolute atomic E-state index is 0.0513. The number of benzene rings is 1. The SMILES string of the molecule is O=C(CSCc1ccco1)NCc1ccccc1. The molecule has 0 fully saturated rings. The molecule has 1 amide bonds. The van der Waals surface area contributed by atoms with Crippen molar-refractivity contribution in [2.75, 3.05) is 5.75 Å². The first kappa shape index (κ1) is 12.8. The smallest absolute Gasteiger partial charge is 0.230 e. The van der Waals surface area contributed by atoms with Gasteiger partial charge in [0.25, 0.3) is 0 Å². The number of carbonyl (C=O) groups excluding carboxylic acids is 1. The molecule has 0 saturated heterocycles. The predicted octanol–water partition coefficient (Wildman–Crippen LogP) is 2.83. The summed E-state index contributed by atoms with van der Waals surface area (Å²) in [5.41, 5.74) is 1.11. The first-order valence-electron chi connectivity index (χ1n) is 5.75. The van der Waals surface area contributed by atoms with Crippen LogP contribution < -0.4 is 5.32 Å². The Morgan fingerprint density at radius 3 is 2.72 bits per heavy atom. The Labute approximate surface area is 111 Å². The van der Waals surface area contributed by atoms with E-state index in [1.54, 1.807) is 18.0 Å². The molecular weight excluding hydrogens is 246 g/mol. The molecule has 1 heterocycles. The van der Waals surface area contributed by atoms with Crippen LogP contribution in [-0.4, -0.2) is 11.7 Å². The Morgan fingerprint density at radius 2 is 2.00 bits per heavy atom. The van der Waals surface area contributed by atoms with Gasteiger partial charge in [0.2, 0.25) is 5.91 Å². The normalized spacial score (nSPS) is 10.2. The van der Waals surface area contributed by atoms with Gasteiger partial charge in [-0.15, -0.1) is 11.8 Å². The predicted molar refractivity (Wildman–Crippen MR) is 73.2 cm³/mol. The summed E-state index contributed by atoms with van der Waals surface area (Å²) in [4.78, 5) is 11.6. The molecule has 1 aromatic heterocycles. The van der Waals surface area contributed by atoms with E-state index < -0.39 is 0 Å². The largest absolute Gasteiger partial charge is 0.468 e. The zero-order valence-corrected chi connectivity index (χ0v) is 10.8. The summed E-state index contributed by atoms with van der Waals surface area (Å²) in [6, 6.07) is 13.7. The summed E-state index contributed by atoms with van der Waals surface area (Å²) in [5.74, 6) is 2.13. The highest BCUT2D eigenvalue weighted by molar-refractivity contribution is 7.99. The number of rotatable bonds is 6. The van der Waals surface area contributed by atoms with Gasteiger partial charge < -0.3 is 9.73 Å². The van der Waals surface area contributed by atoms with E-state index in [-0.39, 0.29) is 5.91 Å². The van der Waals surface area contributed by atoms with E-state index in [4.69, 9.17) is 4.42 Å². The number of nitrogens with one attached hydrogen (secondary N) is 1. The fourth-order valence-electron chi connectivity index (χ4n) is 1.49. The first-order chi connectivity index (χ1) is 8.84. The third kappa shape index (κ3) is 4.30. The van der Waals surface area contributed by atoms with Crippen LogP contribution in [0.3, 0.4) is 0 Å². The lowest BCUT2D eigenvalue weighted by atomic mass is 10.2. The van der Waals surface area contributed by atoms with Crippen LogP contribution >= 0.6 is 11.8 Å². The Kier molecular flexibility index (Phi) is 4.90. The van der Waals surface area contributed by atoms with Crippen molar-refractivity contribution in [2.45, 2.75) is 12.3 Å². The maximum atomic E-state index is 11.6. The van der Waals surface area contributed by atoms with E-state index >= 15 is 0 Å². The Bertz CT molecular complexity index is 468. The van der Waals surface area contributed by atoms with Crippen molar-refractivity contribution in [2.24, 2.45) is 0 Å². The van der Waals surface area contributed by atoms with Crippen LogP contribution in [0.25, 0.3) is 0 Å². The number of amides is 1. The second-order valence-electron chi connectivity index (χ2n) is 3.83. The number of furan rings is 1. The van der Waals surface area contributed by atoms with E-state index in [9.17, 15) is 4.79 Å². The summed E-state index contributed by atoms with van der Waals surface area (Å²) < 4.78 is 5.19. The molecule has 0 bridgehead atoms. The molecule has 2 rings (SSSR count). The average Bonchev–Trinajstić information content (AvgIpc) is 2.91. The fourth-order valence-corrected chi connectivity index (χ4v) is 2.24. The molecule has 0 unspecified atom stereocenters. The molecule has 94 valence electrons. The van der Waals surface area contributed by atoms with Gasteiger partial charge in [-0.3, -0.25) is 4.79 Å². The molecule has 0 spiro atoms. The van der Waals surface area contributed by atoms with Crippen molar-refractivity contribution in [1.82, 2.24) is 5.32 Å². The maximum absolute atomic E-state index is 11.6. The summed E-state index contributed by atoms with van der Waals surface area (Å²) in [7, 11) is 0. The standard InChI is InChI=1S/C14H15NO2S/c16-14(11-18-10-13-7-4-8-17-13)15-9-12-5-2-1-3-6-12/h1-8H,9-11H2,(H,15,16). The Hall–Kier alpha value is -1.68. The highest BCUT2D eigenvalue weighted by Gasteiger charge is 2.02. The first-order valence-corrected chi connectivity index (χ1v) is 6.91. The van der Waals surface area contributed by atoms with E-state index in [0.717, 1.165) is 17.1 Å². The number of carbonyl (C=O) groups is 1. The molecule has 0 atom stereocenters. The van der Waals surface area contributed by atoms with Gasteiger partial charge in [-0.05, 0) is 17.7 Å². The van der Waals surface area contributed by atoms with Gasteiger partial charge >= 0.3 is 0 Å². The highest BCUT2D eigenvalue weighted by atomic mass is 32.2. The molecule has 0 saturated carbocycles. The van der Waals surface area contributed by atoms with Gasteiger partial charge in [-0.1, -0.05) is 30.3 Å². The van der Waals surface area contributed by atoms with Crippen molar-refractivity contribution in [3.63, 3.8) is 0 Å². The van der Waals surface area contributed by atoms with E-state index in [1.807, 2.05) is 42.5 Å². The zero-order valence-electron chi connectivity index (χ0n) is 9.96. The van der Waals surface area contributed by atoms with Gasteiger partial charge in [0, 0.05) is 6.54 Å². The molecule has 0 radical (unpaired) electrons. The summed E-state index contributed by atoms with van der Waals surface area (Å²) in [6.45, 7) is 0.584. The lowest BCUT2D eigenvalue weighted by molar-refractivity contribution is -0.118. The minimum atomic E-state index is 0.0513. The molecule has 0 aliphatic heterocycles. The molecule has 18 heavy (non-hydrogen) atoms. The van der Waals surface area contributed by atoms with Crippen LogP contribution in [-0.2, 0) is 17.1 Å². The second-order valence-corrected chi connectivity index (χ2v) is 4.82. The topological polar surface area (TPSA) is 42.2 Å². The molecule has 0 aliphatic rings. The molecule has 1 N–H and O–H groups in total. The number of hydrogen-bond acceptors (Lipinski definition) is 3. The molecule has 0 aliphatic carbocycles. The second kappa shape index (κ2) is 6.91. The Morgan fingerprint density at radius 1 is 1.17 bits per heavy atom. The average molecular weight is 261 g/mol. The van der Waals surface area contributed by atoms with Crippen LogP contribution in [0.15, 0.2) is 53.1 Å². The third-order valence-corrected chi connectivity index (χ3v) is 3.35. The van der Waals surface area contributed by atoms with Crippen LogP contribution in [0.5, 0.6) is 0 Å². The molecular formula is C14H15NO2S. The van der Waals surface area contributed by atoms with Crippen molar-refractivity contribution >= 4 is 17.7 Å². The molecule has 3 nitrogen and oxygen atoms in total. The fraction of sp³-hybridized carbons (Fsp3) is 0.214. The summed E-state index contributed by atoms with van der Waals surface area (Å²) in [5, 5.41) is 2.89. The summed E-state index contributed by atoms with van der Waals surface area (Å²) >= 11 is 1.55. The quantitative estimate of drug-likeness (QED) is 0.869. The molecule has 4 heteroatoms.